The highest BCUT2D eigenvalue weighted by Crippen LogP contribution is 2.26. The van der Waals surface area contributed by atoms with E-state index in [0.29, 0.717) is 6.04 Å². The van der Waals surface area contributed by atoms with Crippen molar-refractivity contribution in [3.05, 3.63) is 30.3 Å². The molecular formula is C13H20N2. The fraction of sp³-hybridized carbons (Fsp3) is 0.538. The molecule has 0 aliphatic heterocycles. The van der Waals surface area contributed by atoms with Crippen LogP contribution in [0.2, 0.25) is 0 Å². The Kier molecular flexibility index (Phi) is 3.27. The van der Waals surface area contributed by atoms with Gasteiger partial charge in [-0.05, 0) is 37.3 Å². The van der Waals surface area contributed by atoms with E-state index in [1.54, 1.807) is 0 Å². The summed E-state index contributed by atoms with van der Waals surface area (Å²) in [6.45, 7) is 1.14. The van der Waals surface area contributed by atoms with Crippen LogP contribution in [0.25, 0.3) is 0 Å². The molecule has 1 aliphatic carbocycles. The molecule has 0 bridgehead atoms. The van der Waals surface area contributed by atoms with Gasteiger partial charge in [-0.1, -0.05) is 18.2 Å². The number of hydrogen-bond acceptors (Lipinski definition) is 2. The first-order chi connectivity index (χ1) is 7.25. The Bertz CT molecular complexity index is 297. The van der Waals surface area contributed by atoms with Gasteiger partial charge in [0.2, 0.25) is 0 Å². The number of rotatable bonds is 3. The SMILES string of the molecule is CN(CC1CCC(N)C1)c1ccccc1. The maximum atomic E-state index is 5.92. The summed E-state index contributed by atoms with van der Waals surface area (Å²) in [6.07, 6.45) is 3.68. The normalized spacial score (nSPS) is 25.5. The highest BCUT2D eigenvalue weighted by Gasteiger charge is 2.22. The van der Waals surface area contributed by atoms with Crippen molar-refractivity contribution in [1.29, 1.82) is 0 Å². The van der Waals surface area contributed by atoms with Gasteiger partial charge < -0.3 is 10.6 Å². The summed E-state index contributed by atoms with van der Waals surface area (Å²) in [5.41, 5.74) is 7.22. The number of para-hydroxylation sites is 1. The molecule has 2 N–H and O–H groups in total. The van der Waals surface area contributed by atoms with E-state index in [-0.39, 0.29) is 0 Å². The molecule has 82 valence electrons. The minimum Gasteiger partial charge on any atom is -0.374 e. The zero-order valence-corrected chi connectivity index (χ0v) is 9.39. The molecule has 1 aromatic carbocycles. The van der Waals surface area contributed by atoms with E-state index in [4.69, 9.17) is 5.73 Å². The second kappa shape index (κ2) is 4.67. The first kappa shape index (κ1) is 10.5. The van der Waals surface area contributed by atoms with E-state index >= 15 is 0 Å². The molecule has 0 radical (unpaired) electrons. The number of nitrogens with zero attached hydrogens (tertiary/aromatic N) is 1. The summed E-state index contributed by atoms with van der Waals surface area (Å²) < 4.78 is 0. The Labute approximate surface area is 92.1 Å². The van der Waals surface area contributed by atoms with Gasteiger partial charge in [-0.2, -0.15) is 0 Å². The molecule has 2 nitrogen and oxygen atoms in total. The average Bonchev–Trinajstić information content (AvgIpc) is 2.65. The van der Waals surface area contributed by atoms with E-state index in [1.807, 2.05) is 0 Å². The van der Waals surface area contributed by atoms with Gasteiger partial charge in [-0.3, -0.25) is 0 Å². The molecule has 0 heterocycles. The molecule has 0 aromatic heterocycles. The number of hydrogen-bond donors (Lipinski definition) is 1. The van der Waals surface area contributed by atoms with Gasteiger partial charge in [0.15, 0.2) is 0 Å². The summed E-state index contributed by atoms with van der Waals surface area (Å²) >= 11 is 0. The van der Waals surface area contributed by atoms with Crippen molar-refractivity contribution in [2.24, 2.45) is 11.7 Å². The summed E-state index contributed by atoms with van der Waals surface area (Å²) in [6, 6.07) is 11.0. The van der Waals surface area contributed by atoms with E-state index in [9.17, 15) is 0 Å². The van der Waals surface area contributed by atoms with Gasteiger partial charge in [-0.25, -0.2) is 0 Å². The van der Waals surface area contributed by atoms with Crippen molar-refractivity contribution >= 4 is 5.69 Å². The van der Waals surface area contributed by atoms with Crippen molar-refractivity contribution in [2.45, 2.75) is 25.3 Å². The van der Waals surface area contributed by atoms with Crippen LogP contribution in [0.3, 0.4) is 0 Å². The molecule has 15 heavy (non-hydrogen) atoms. The molecule has 0 amide bonds. The summed E-state index contributed by atoms with van der Waals surface area (Å²) in [5, 5.41) is 0. The van der Waals surface area contributed by atoms with Crippen LogP contribution in [0, 0.1) is 5.92 Å². The van der Waals surface area contributed by atoms with Crippen molar-refractivity contribution in [3.8, 4) is 0 Å². The van der Waals surface area contributed by atoms with Crippen molar-refractivity contribution < 1.29 is 0 Å². The lowest BCUT2D eigenvalue weighted by molar-refractivity contribution is 0.536. The topological polar surface area (TPSA) is 29.3 Å². The van der Waals surface area contributed by atoms with Crippen LogP contribution in [0.1, 0.15) is 19.3 Å². The number of nitrogens with two attached hydrogens (primary N) is 1. The lowest BCUT2D eigenvalue weighted by Crippen LogP contribution is -2.25. The lowest BCUT2D eigenvalue weighted by Gasteiger charge is -2.23. The smallest absolute Gasteiger partial charge is 0.0363 e. The largest absolute Gasteiger partial charge is 0.374 e. The Hall–Kier alpha value is -1.02. The van der Waals surface area contributed by atoms with Crippen molar-refractivity contribution in [3.63, 3.8) is 0 Å². The minimum atomic E-state index is 0.444. The van der Waals surface area contributed by atoms with Gasteiger partial charge >= 0.3 is 0 Å². The van der Waals surface area contributed by atoms with E-state index in [2.05, 4.69) is 42.3 Å². The van der Waals surface area contributed by atoms with Crippen LogP contribution in [0.4, 0.5) is 5.69 Å². The number of benzene rings is 1. The van der Waals surface area contributed by atoms with Crippen LogP contribution < -0.4 is 10.6 Å². The molecule has 1 aliphatic rings. The van der Waals surface area contributed by atoms with Crippen LogP contribution >= 0.6 is 0 Å². The molecule has 1 fully saturated rings. The molecular weight excluding hydrogens is 184 g/mol. The molecule has 2 atom stereocenters. The van der Waals surface area contributed by atoms with Crippen molar-refractivity contribution in [1.82, 2.24) is 0 Å². The van der Waals surface area contributed by atoms with Gasteiger partial charge in [0.25, 0.3) is 0 Å². The third-order valence-corrected chi connectivity index (χ3v) is 3.31. The molecule has 0 saturated heterocycles. The molecule has 2 heteroatoms. The molecule has 1 saturated carbocycles. The minimum absolute atomic E-state index is 0.444. The lowest BCUT2D eigenvalue weighted by atomic mass is 10.1. The molecule has 2 rings (SSSR count). The Morgan fingerprint density at radius 1 is 1.27 bits per heavy atom. The van der Waals surface area contributed by atoms with Gasteiger partial charge in [0.1, 0.15) is 0 Å². The quantitative estimate of drug-likeness (QED) is 0.818. The zero-order chi connectivity index (χ0) is 10.7. The fourth-order valence-corrected chi connectivity index (χ4v) is 2.45. The average molecular weight is 204 g/mol. The summed E-state index contributed by atoms with van der Waals surface area (Å²) in [5.74, 6) is 0.783. The van der Waals surface area contributed by atoms with E-state index < -0.39 is 0 Å². The van der Waals surface area contributed by atoms with Crippen LogP contribution in [-0.2, 0) is 0 Å². The standard InChI is InChI=1S/C13H20N2/c1-15(13-5-3-2-4-6-13)10-11-7-8-12(14)9-11/h2-6,11-12H,7-10,14H2,1H3. The second-order valence-electron chi connectivity index (χ2n) is 4.66. The maximum absolute atomic E-state index is 5.92. The predicted octanol–water partition coefficient (Wildman–Crippen LogP) is 2.25. The van der Waals surface area contributed by atoms with Gasteiger partial charge in [-0.15, -0.1) is 0 Å². The first-order valence-electron chi connectivity index (χ1n) is 5.77. The predicted molar refractivity (Wildman–Crippen MR) is 65.0 cm³/mol. The Morgan fingerprint density at radius 2 is 2.00 bits per heavy atom. The fourth-order valence-electron chi connectivity index (χ4n) is 2.45. The molecule has 2 unspecified atom stereocenters. The third-order valence-electron chi connectivity index (χ3n) is 3.31. The Balaban J connectivity index is 1.90. The monoisotopic (exact) mass is 204 g/mol. The zero-order valence-electron chi connectivity index (χ0n) is 9.39. The van der Waals surface area contributed by atoms with E-state index in [0.717, 1.165) is 12.5 Å². The van der Waals surface area contributed by atoms with Crippen molar-refractivity contribution in [2.75, 3.05) is 18.5 Å². The van der Waals surface area contributed by atoms with Gasteiger partial charge in [0, 0.05) is 25.3 Å². The maximum Gasteiger partial charge on any atom is 0.0363 e. The number of anilines is 1. The molecule has 0 spiro atoms. The van der Waals surface area contributed by atoms with Crippen LogP contribution in [0.15, 0.2) is 30.3 Å². The van der Waals surface area contributed by atoms with Gasteiger partial charge in [0.05, 0.1) is 0 Å². The van der Waals surface area contributed by atoms with Crippen LogP contribution in [0.5, 0.6) is 0 Å². The summed E-state index contributed by atoms with van der Waals surface area (Å²) in [7, 11) is 2.17. The highest BCUT2D eigenvalue weighted by molar-refractivity contribution is 5.44. The highest BCUT2D eigenvalue weighted by atomic mass is 15.1. The Morgan fingerprint density at radius 3 is 2.60 bits per heavy atom. The third kappa shape index (κ3) is 2.72. The molecule has 1 aromatic rings. The first-order valence-corrected chi connectivity index (χ1v) is 5.77. The van der Waals surface area contributed by atoms with Crippen LogP contribution in [-0.4, -0.2) is 19.6 Å². The van der Waals surface area contributed by atoms with E-state index in [1.165, 1.54) is 24.9 Å². The summed E-state index contributed by atoms with van der Waals surface area (Å²) in [4.78, 5) is 2.34. The second-order valence-corrected chi connectivity index (χ2v) is 4.66.